The molecule has 1 aromatic carbocycles. The van der Waals surface area contributed by atoms with Gasteiger partial charge in [-0.05, 0) is 24.1 Å². The van der Waals surface area contributed by atoms with Crippen molar-refractivity contribution >= 4 is 51.3 Å². The molecule has 0 saturated heterocycles. The normalized spacial score (nSPS) is 14.1. The van der Waals surface area contributed by atoms with Crippen LogP contribution in [0.15, 0.2) is 43.0 Å². The minimum atomic E-state index is 0.424. The number of ether oxygens (including phenoxy) is 1. The van der Waals surface area contributed by atoms with Crippen LogP contribution in [0.25, 0.3) is 33.5 Å². The highest BCUT2D eigenvalue weighted by molar-refractivity contribution is 6.42. The van der Waals surface area contributed by atoms with E-state index in [4.69, 9.17) is 32.9 Å². The van der Waals surface area contributed by atoms with Crippen molar-refractivity contribution < 1.29 is 4.74 Å². The van der Waals surface area contributed by atoms with Crippen molar-refractivity contribution in [1.82, 2.24) is 34.1 Å². The van der Waals surface area contributed by atoms with Crippen LogP contribution in [0.2, 0.25) is 10.0 Å². The molecular formula is C23H20Cl2N8O. The number of hydrogen-bond donors (Lipinski definition) is 2. The molecule has 1 aliphatic rings. The number of aryl methyl sites for hydroxylation is 1. The lowest BCUT2D eigenvalue weighted by atomic mass is 10.1. The van der Waals surface area contributed by atoms with E-state index in [0.717, 1.165) is 51.5 Å². The van der Waals surface area contributed by atoms with Gasteiger partial charge in [-0.25, -0.2) is 15.0 Å². The molecule has 5 aromatic rings. The van der Waals surface area contributed by atoms with Crippen LogP contribution in [0.1, 0.15) is 17.9 Å². The number of rotatable bonds is 5. The summed E-state index contributed by atoms with van der Waals surface area (Å²) >= 11 is 12.3. The van der Waals surface area contributed by atoms with Gasteiger partial charge in [0.1, 0.15) is 5.82 Å². The number of aromatic amines is 1. The van der Waals surface area contributed by atoms with Gasteiger partial charge in [-0.15, -0.1) is 0 Å². The summed E-state index contributed by atoms with van der Waals surface area (Å²) in [6.07, 6.45) is 10.5. The van der Waals surface area contributed by atoms with E-state index in [2.05, 4.69) is 35.8 Å². The van der Waals surface area contributed by atoms with Crippen LogP contribution >= 0.6 is 23.2 Å². The second-order valence-corrected chi connectivity index (χ2v) is 8.90. The van der Waals surface area contributed by atoms with Crippen LogP contribution in [-0.2, 0) is 18.3 Å². The first kappa shape index (κ1) is 21.2. The molecule has 9 nitrogen and oxygen atoms in total. The molecule has 2 N–H and O–H groups in total. The number of nitrogens with one attached hydrogen (secondary N) is 2. The number of imidazole rings is 2. The minimum Gasteiger partial charge on any atom is -0.377 e. The molecule has 0 unspecified atom stereocenters. The lowest BCUT2D eigenvalue weighted by molar-refractivity contribution is 0.161. The van der Waals surface area contributed by atoms with Crippen molar-refractivity contribution in [2.75, 3.05) is 18.5 Å². The Morgan fingerprint density at radius 3 is 2.82 bits per heavy atom. The zero-order valence-corrected chi connectivity index (χ0v) is 19.7. The average molecular weight is 495 g/mol. The molecule has 1 aliphatic heterocycles. The number of anilines is 1. The van der Waals surface area contributed by atoms with E-state index in [0.29, 0.717) is 35.6 Å². The highest BCUT2D eigenvalue weighted by Gasteiger charge is 2.17. The largest absolute Gasteiger partial charge is 0.377 e. The van der Waals surface area contributed by atoms with Crippen molar-refractivity contribution in [3.05, 3.63) is 64.6 Å². The Kier molecular flexibility index (Phi) is 5.24. The lowest BCUT2D eigenvalue weighted by Gasteiger charge is -2.15. The number of halogens is 2. The molecule has 0 fully saturated rings. The molecule has 34 heavy (non-hydrogen) atoms. The topological polar surface area (TPSA) is 98.0 Å². The first-order valence-corrected chi connectivity index (χ1v) is 11.5. The van der Waals surface area contributed by atoms with Crippen LogP contribution < -0.4 is 5.32 Å². The SMILES string of the molecule is Cn1cc(-c2cnc3c(NCc4nc5cc(Cl)c(Cl)cc5[nH]4)nc(C4=CCOCC4)cn23)cn1. The Morgan fingerprint density at radius 1 is 1.15 bits per heavy atom. The molecule has 6 rings (SSSR count). The summed E-state index contributed by atoms with van der Waals surface area (Å²) < 4.78 is 9.32. The highest BCUT2D eigenvalue weighted by atomic mass is 35.5. The molecule has 0 saturated carbocycles. The van der Waals surface area contributed by atoms with Gasteiger partial charge in [0.15, 0.2) is 11.5 Å². The number of fused-ring (bicyclic) bond motifs is 2. The van der Waals surface area contributed by atoms with Gasteiger partial charge in [-0.3, -0.25) is 9.08 Å². The predicted molar refractivity (Wildman–Crippen MR) is 132 cm³/mol. The third-order valence-electron chi connectivity index (χ3n) is 5.78. The van der Waals surface area contributed by atoms with E-state index in [1.54, 1.807) is 16.8 Å². The van der Waals surface area contributed by atoms with Gasteiger partial charge >= 0.3 is 0 Å². The van der Waals surface area contributed by atoms with Crippen molar-refractivity contribution in [2.24, 2.45) is 7.05 Å². The summed E-state index contributed by atoms with van der Waals surface area (Å²) in [5.41, 5.74) is 6.24. The zero-order chi connectivity index (χ0) is 23.2. The molecular weight excluding hydrogens is 475 g/mol. The maximum Gasteiger partial charge on any atom is 0.180 e. The monoisotopic (exact) mass is 494 g/mol. The van der Waals surface area contributed by atoms with Gasteiger partial charge in [0.25, 0.3) is 0 Å². The number of H-pyrrole nitrogens is 1. The predicted octanol–water partition coefficient (Wildman–Crippen LogP) is 4.73. The molecule has 0 radical (unpaired) electrons. The van der Waals surface area contributed by atoms with E-state index in [-0.39, 0.29) is 0 Å². The van der Waals surface area contributed by atoms with Crippen molar-refractivity contribution in [1.29, 1.82) is 0 Å². The Balaban J connectivity index is 1.40. The Hall–Kier alpha value is -3.40. The van der Waals surface area contributed by atoms with Gasteiger partial charge < -0.3 is 15.0 Å². The third kappa shape index (κ3) is 3.81. The molecule has 5 heterocycles. The molecule has 0 spiro atoms. The second-order valence-electron chi connectivity index (χ2n) is 8.09. The van der Waals surface area contributed by atoms with Crippen LogP contribution in [0.3, 0.4) is 0 Å². The maximum absolute atomic E-state index is 6.14. The molecule has 0 amide bonds. The highest BCUT2D eigenvalue weighted by Crippen LogP contribution is 2.29. The number of hydrogen-bond acceptors (Lipinski definition) is 6. The number of aromatic nitrogens is 7. The molecule has 172 valence electrons. The number of nitrogens with zero attached hydrogens (tertiary/aromatic N) is 6. The smallest absolute Gasteiger partial charge is 0.180 e. The van der Waals surface area contributed by atoms with Crippen molar-refractivity contribution in [2.45, 2.75) is 13.0 Å². The van der Waals surface area contributed by atoms with Gasteiger partial charge in [-0.2, -0.15) is 5.10 Å². The fourth-order valence-corrected chi connectivity index (χ4v) is 4.42. The minimum absolute atomic E-state index is 0.424. The van der Waals surface area contributed by atoms with Crippen LogP contribution in [0.5, 0.6) is 0 Å². The Bertz CT molecular complexity index is 1530. The van der Waals surface area contributed by atoms with E-state index < -0.39 is 0 Å². The van der Waals surface area contributed by atoms with Crippen molar-refractivity contribution in [3.63, 3.8) is 0 Å². The third-order valence-corrected chi connectivity index (χ3v) is 6.50. The summed E-state index contributed by atoms with van der Waals surface area (Å²) in [5.74, 6) is 1.40. The molecule has 0 bridgehead atoms. The molecule has 4 aromatic heterocycles. The fourth-order valence-electron chi connectivity index (χ4n) is 4.10. The van der Waals surface area contributed by atoms with Crippen LogP contribution in [0, 0.1) is 0 Å². The van der Waals surface area contributed by atoms with E-state index in [1.807, 2.05) is 31.8 Å². The van der Waals surface area contributed by atoms with E-state index >= 15 is 0 Å². The summed E-state index contributed by atoms with van der Waals surface area (Å²) in [4.78, 5) is 17.5. The first-order chi connectivity index (χ1) is 16.5. The standard InChI is InChI=1S/C23H20Cl2N8O/c1-32-11-14(8-28-32)20-9-27-23-22(31-19(12-33(20)23)13-2-4-34-5-3-13)26-10-21-29-17-6-15(24)16(25)7-18(17)30-21/h2,6-9,11-12H,3-5,10H2,1H3,(H,26,31)(H,29,30). The van der Waals surface area contributed by atoms with Gasteiger partial charge in [0.05, 0.1) is 64.6 Å². The molecule has 0 aliphatic carbocycles. The fraction of sp³-hybridized carbons (Fsp3) is 0.217. The van der Waals surface area contributed by atoms with Gasteiger partial charge in [0, 0.05) is 25.0 Å². The second kappa shape index (κ2) is 8.43. The van der Waals surface area contributed by atoms with Crippen LogP contribution in [-0.4, -0.2) is 47.3 Å². The van der Waals surface area contributed by atoms with Crippen molar-refractivity contribution in [3.8, 4) is 11.3 Å². The van der Waals surface area contributed by atoms with E-state index in [9.17, 15) is 0 Å². The van der Waals surface area contributed by atoms with Gasteiger partial charge in [0.2, 0.25) is 0 Å². The molecule has 0 atom stereocenters. The van der Waals surface area contributed by atoms with Crippen LogP contribution in [0.4, 0.5) is 5.82 Å². The summed E-state index contributed by atoms with van der Waals surface area (Å²) in [6, 6.07) is 3.53. The summed E-state index contributed by atoms with van der Waals surface area (Å²) in [6.45, 7) is 1.69. The first-order valence-electron chi connectivity index (χ1n) is 10.8. The lowest BCUT2D eigenvalue weighted by Crippen LogP contribution is -2.10. The zero-order valence-electron chi connectivity index (χ0n) is 18.2. The maximum atomic E-state index is 6.14. The summed E-state index contributed by atoms with van der Waals surface area (Å²) in [5, 5.41) is 8.68. The Morgan fingerprint density at radius 2 is 2.03 bits per heavy atom. The van der Waals surface area contributed by atoms with E-state index in [1.165, 1.54) is 0 Å². The number of benzene rings is 1. The quantitative estimate of drug-likeness (QED) is 0.366. The van der Waals surface area contributed by atoms with Gasteiger partial charge in [-0.1, -0.05) is 29.3 Å². The Labute approximate surface area is 204 Å². The molecule has 11 heteroatoms. The average Bonchev–Trinajstić information content (AvgIpc) is 3.56. The summed E-state index contributed by atoms with van der Waals surface area (Å²) in [7, 11) is 1.90.